The second-order valence-corrected chi connectivity index (χ2v) is 4.87. The van der Waals surface area contributed by atoms with E-state index < -0.39 is 11.8 Å². The maximum Gasteiger partial charge on any atom is 0.316 e. The van der Waals surface area contributed by atoms with Crippen LogP contribution in [0.4, 0.5) is 5.69 Å². The third-order valence-electron chi connectivity index (χ3n) is 3.50. The quantitative estimate of drug-likeness (QED) is 0.800. The van der Waals surface area contributed by atoms with Crippen molar-refractivity contribution in [1.29, 1.82) is 0 Å². The van der Waals surface area contributed by atoms with Crippen LogP contribution in [0.2, 0.25) is 0 Å². The van der Waals surface area contributed by atoms with Gasteiger partial charge in [0.1, 0.15) is 0 Å². The number of pyridine rings is 1. The van der Waals surface area contributed by atoms with Gasteiger partial charge in [-0.3, -0.25) is 14.6 Å². The molecule has 1 aliphatic heterocycles. The highest BCUT2D eigenvalue weighted by atomic mass is 16.2. The van der Waals surface area contributed by atoms with E-state index in [9.17, 15) is 9.59 Å². The van der Waals surface area contributed by atoms with Crippen LogP contribution in [0.5, 0.6) is 0 Å². The molecule has 5 nitrogen and oxygen atoms in total. The lowest BCUT2D eigenvalue weighted by molar-refractivity contribution is -0.146. The number of anilines is 1. The molecule has 2 amide bonds. The van der Waals surface area contributed by atoms with Crippen molar-refractivity contribution in [3.8, 4) is 0 Å². The molecular weight excluding hydrogens is 266 g/mol. The van der Waals surface area contributed by atoms with Crippen molar-refractivity contribution in [2.75, 3.05) is 18.0 Å². The van der Waals surface area contributed by atoms with Crippen LogP contribution in [-0.2, 0) is 16.1 Å². The van der Waals surface area contributed by atoms with Gasteiger partial charge in [-0.2, -0.15) is 0 Å². The van der Waals surface area contributed by atoms with E-state index in [0.717, 1.165) is 11.3 Å². The summed E-state index contributed by atoms with van der Waals surface area (Å²) in [5.74, 6) is -0.927. The summed E-state index contributed by atoms with van der Waals surface area (Å²) in [6.07, 6.45) is 3.36. The summed E-state index contributed by atoms with van der Waals surface area (Å²) in [5, 5.41) is 0. The fraction of sp³-hybridized carbons (Fsp3) is 0.188. The van der Waals surface area contributed by atoms with E-state index in [2.05, 4.69) is 4.98 Å². The highest BCUT2D eigenvalue weighted by molar-refractivity contribution is 6.40. The minimum atomic E-state index is -0.471. The van der Waals surface area contributed by atoms with Crippen molar-refractivity contribution in [3.63, 3.8) is 0 Å². The summed E-state index contributed by atoms with van der Waals surface area (Å²) in [6.45, 7) is 1.48. The van der Waals surface area contributed by atoms with Gasteiger partial charge < -0.3 is 9.80 Å². The van der Waals surface area contributed by atoms with Crippen LogP contribution in [-0.4, -0.2) is 34.8 Å². The molecule has 1 saturated heterocycles. The molecule has 1 aromatic carbocycles. The first kappa shape index (κ1) is 13.3. The summed E-state index contributed by atoms with van der Waals surface area (Å²) in [4.78, 5) is 31.5. The van der Waals surface area contributed by atoms with E-state index in [0.29, 0.717) is 19.6 Å². The lowest BCUT2D eigenvalue weighted by atomic mass is 10.2. The molecule has 3 rings (SSSR count). The Labute approximate surface area is 122 Å². The maximum absolute atomic E-state index is 12.2. The number of hydrogen-bond acceptors (Lipinski definition) is 3. The minimum Gasteiger partial charge on any atom is -0.328 e. The summed E-state index contributed by atoms with van der Waals surface area (Å²) in [5.41, 5.74) is 1.73. The van der Waals surface area contributed by atoms with Crippen molar-refractivity contribution in [3.05, 3.63) is 60.4 Å². The first-order valence-electron chi connectivity index (χ1n) is 6.80. The molecule has 0 spiro atoms. The standard InChI is InChI=1S/C16H15N3O2/c20-15-16(21)19(14-4-2-1-3-5-14)11-10-18(15)12-13-6-8-17-9-7-13/h1-9H,10-12H2. The van der Waals surface area contributed by atoms with Crippen molar-refractivity contribution < 1.29 is 9.59 Å². The van der Waals surface area contributed by atoms with E-state index in [4.69, 9.17) is 0 Å². The van der Waals surface area contributed by atoms with Crippen LogP contribution >= 0.6 is 0 Å². The smallest absolute Gasteiger partial charge is 0.316 e. The minimum absolute atomic E-state index is 0.440. The fourth-order valence-corrected chi connectivity index (χ4v) is 2.39. The van der Waals surface area contributed by atoms with Crippen LogP contribution < -0.4 is 4.90 Å². The average molecular weight is 281 g/mol. The normalized spacial score (nSPS) is 15.4. The number of amides is 2. The molecule has 5 heteroatoms. The number of para-hydroxylation sites is 1. The SMILES string of the molecule is O=C1C(=O)N(c2ccccc2)CCN1Cc1ccncc1. The monoisotopic (exact) mass is 281 g/mol. The van der Waals surface area contributed by atoms with Crippen molar-refractivity contribution in [2.24, 2.45) is 0 Å². The number of carbonyl (C=O) groups is 2. The van der Waals surface area contributed by atoms with E-state index in [1.165, 1.54) is 4.90 Å². The maximum atomic E-state index is 12.2. The molecule has 0 unspecified atom stereocenters. The Balaban J connectivity index is 1.73. The van der Waals surface area contributed by atoms with Gasteiger partial charge in [0.15, 0.2) is 0 Å². The lowest BCUT2D eigenvalue weighted by Crippen LogP contribution is -2.54. The zero-order valence-electron chi connectivity index (χ0n) is 11.5. The van der Waals surface area contributed by atoms with E-state index in [-0.39, 0.29) is 0 Å². The third-order valence-corrected chi connectivity index (χ3v) is 3.50. The summed E-state index contributed by atoms with van der Waals surface area (Å²) >= 11 is 0. The Hall–Kier alpha value is -2.69. The predicted octanol–water partition coefficient (Wildman–Crippen LogP) is 1.46. The number of carbonyl (C=O) groups excluding carboxylic acids is 2. The molecular formula is C16H15N3O2. The van der Waals surface area contributed by atoms with Gasteiger partial charge >= 0.3 is 11.8 Å². The molecule has 1 aromatic heterocycles. The Kier molecular flexibility index (Phi) is 3.64. The second-order valence-electron chi connectivity index (χ2n) is 4.87. The largest absolute Gasteiger partial charge is 0.328 e. The van der Waals surface area contributed by atoms with Gasteiger partial charge in [-0.15, -0.1) is 0 Å². The van der Waals surface area contributed by atoms with Gasteiger partial charge in [0, 0.05) is 37.7 Å². The lowest BCUT2D eigenvalue weighted by Gasteiger charge is -2.33. The highest BCUT2D eigenvalue weighted by Crippen LogP contribution is 2.18. The highest BCUT2D eigenvalue weighted by Gasteiger charge is 2.33. The molecule has 2 heterocycles. The van der Waals surface area contributed by atoms with Crippen LogP contribution in [0.25, 0.3) is 0 Å². The molecule has 2 aromatic rings. The number of nitrogens with zero attached hydrogens (tertiary/aromatic N) is 3. The molecule has 106 valence electrons. The number of benzene rings is 1. The van der Waals surface area contributed by atoms with Gasteiger partial charge in [-0.05, 0) is 29.8 Å². The second kappa shape index (κ2) is 5.75. The Bertz CT molecular complexity index is 643. The third kappa shape index (κ3) is 2.76. The molecule has 21 heavy (non-hydrogen) atoms. The van der Waals surface area contributed by atoms with Crippen LogP contribution in [0, 0.1) is 0 Å². The van der Waals surface area contributed by atoms with E-state index >= 15 is 0 Å². The first-order valence-corrected chi connectivity index (χ1v) is 6.80. The van der Waals surface area contributed by atoms with Crippen LogP contribution in [0.15, 0.2) is 54.9 Å². The molecule has 0 bridgehead atoms. The Morgan fingerprint density at radius 3 is 2.33 bits per heavy atom. The Morgan fingerprint density at radius 1 is 0.905 bits per heavy atom. The number of aromatic nitrogens is 1. The zero-order valence-corrected chi connectivity index (χ0v) is 11.5. The zero-order chi connectivity index (χ0) is 14.7. The van der Waals surface area contributed by atoms with E-state index in [1.54, 1.807) is 17.3 Å². The van der Waals surface area contributed by atoms with Crippen LogP contribution in [0.1, 0.15) is 5.56 Å². The van der Waals surface area contributed by atoms with Gasteiger partial charge in [-0.1, -0.05) is 18.2 Å². The number of piperazine rings is 1. The predicted molar refractivity (Wildman–Crippen MR) is 78.4 cm³/mol. The fourth-order valence-electron chi connectivity index (χ4n) is 2.39. The van der Waals surface area contributed by atoms with Crippen molar-refractivity contribution in [1.82, 2.24) is 9.88 Å². The molecule has 0 saturated carbocycles. The average Bonchev–Trinajstić information content (AvgIpc) is 2.54. The molecule has 1 aliphatic rings. The molecule has 1 fully saturated rings. The molecule has 0 atom stereocenters. The molecule has 0 radical (unpaired) electrons. The number of hydrogen-bond donors (Lipinski definition) is 0. The number of rotatable bonds is 3. The molecule has 0 aliphatic carbocycles. The van der Waals surface area contributed by atoms with Gasteiger partial charge in [0.2, 0.25) is 0 Å². The Morgan fingerprint density at radius 2 is 1.62 bits per heavy atom. The summed E-state index contributed by atoms with van der Waals surface area (Å²) in [6, 6.07) is 13.0. The van der Waals surface area contributed by atoms with Crippen molar-refractivity contribution >= 4 is 17.5 Å². The van der Waals surface area contributed by atoms with Crippen LogP contribution in [0.3, 0.4) is 0 Å². The van der Waals surface area contributed by atoms with Gasteiger partial charge in [0.25, 0.3) is 0 Å². The topological polar surface area (TPSA) is 53.5 Å². The molecule has 0 N–H and O–H groups in total. The first-order chi connectivity index (χ1) is 10.3. The van der Waals surface area contributed by atoms with Crippen molar-refractivity contribution in [2.45, 2.75) is 6.54 Å². The summed E-state index contributed by atoms with van der Waals surface area (Å²) in [7, 11) is 0. The van der Waals surface area contributed by atoms with Gasteiger partial charge in [0.05, 0.1) is 0 Å². The van der Waals surface area contributed by atoms with Gasteiger partial charge in [-0.25, -0.2) is 0 Å². The summed E-state index contributed by atoms with van der Waals surface area (Å²) < 4.78 is 0. The van der Waals surface area contributed by atoms with E-state index in [1.807, 2.05) is 42.5 Å².